The van der Waals surface area contributed by atoms with Crippen LogP contribution in [0.15, 0.2) is 24.3 Å². The van der Waals surface area contributed by atoms with Gasteiger partial charge >= 0.3 is 11.9 Å². The molecule has 0 saturated carbocycles. The first kappa shape index (κ1) is 21.2. The molecule has 1 aromatic rings. The fourth-order valence-electron chi connectivity index (χ4n) is 3.34. The SMILES string of the molecule is CCOC(=O)C[C@@H]1CN(Cc2ccc(OC)cc2)C[C@H](CC(=O)OCC)N1. The lowest BCUT2D eigenvalue weighted by molar-refractivity contribution is -0.144. The second kappa shape index (κ2) is 10.9. The molecule has 2 rings (SSSR count). The Kier molecular flexibility index (Phi) is 8.54. The lowest BCUT2D eigenvalue weighted by Crippen LogP contribution is -2.57. The van der Waals surface area contributed by atoms with Gasteiger partial charge in [-0.2, -0.15) is 0 Å². The van der Waals surface area contributed by atoms with Gasteiger partial charge < -0.3 is 19.5 Å². The van der Waals surface area contributed by atoms with Crippen LogP contribution in [-0.2, 0) is 25.6 Å². The molecule has 0 spiro atoms. The zero-order valence-corrected chi connectivity index (χ0v) is 16.4. The maximum atomic E-state index is 11.9. The summed E-state index contributed by atoms with van der Waals surface area (Å²) < 4.78 is 15.4. The van der Waals surface area contributed by atoms with E-state index in [0.717, 1.165) is 17.9 Å². The van der Waals surface area contributed by atoms with Crippen LogP contribution >= 0.6 is 0 Å². The van der Waals surface area contributed by atoms with Crippen molar-refractivity contribution in [1.82, 2.24) is 10.2 Å². The summed E-state index contributed by atoms with van der Waals surface area (Å²) in [5.74, 6) is 0.367. The van der Waals surface area contributed by atoms with Crippen molar-refractivity contribution in [3.05, 3.63) is 29.8 Å². The summed E-state index contributed by atoms with van der Waals surface area (Å²) in [5, 5.41) is 3.40. The van der Waals surface area contributed by atoms with Gasteiger partial charge in [-0.3, -0.25) is 14.5 Å². The van der Waals surface area contributed by atoms with Crippen LogP contribution in [0.3, 0.4) is 0 Å². The minimum Gasteiger partial charge on any atom is -0.497 e. The Hall–Kier alpha value is -2.12. The second-order valence-electron chi connectivity index (χ2n) is 6.62. The largest absolute Gasteiger partial charge is 0.497 e. The molecule has 1 aromatic carbocycles. The van der Waals surface area contributed by atoms with Crippen molar-refractivity contribution in [2.75, 3.05) is 33.4 Å². The maximum absolute atomic E-state index is 11.9. The van der Waals surface area contributed by atoms with Crippen molar-refractivity contribution in [3.8, 4) is 5.75 Å². The molecule has 1 saturated heterocycles. The van der Waals surface area contributed by atoms with Gasteiger partial charge in [0.15, 0.2) is 0 Å². The number of piperazine rings is 1. The maximum Gasteiger partial charge on any atom is 0.307 e. The van der Waals surface area contributed by atoms with E-state index < -0.39 is 0 Å². The minimum atomic E-state index is -0.226. The van der Waals surface area contributed by atoms with E-state index in [1.54, 1.807) is 21.0 Å². The summed E-state index contributed by atoms with van der Waals surface area (Å²) in [6, 6.07) is 7.81. The number of rotatable bonds is 9. The molecule has 2 atom stereocenters. The molecule has 7 heteroatoms. The van der Waals surface area contributed by atoms with E-state index in [0.29, 0.717) is 26.3 Å². The zero-order chi connectivity index (χ0) is 19.6. The number of ether oxygens (including phenoxy) is 3. The summed E-state index contributed by atoms with van der Waals surface area (Å²) >= 11 is 0. The molecule has 0 radical (unpaired) electrons. The second-order valence-corrected chi connectivity index (χ2v) is 6.62. The van der Waals surface area contributed by atoms with Gasteiger partial charge in [0.1, 0.15) is 5.75 Å². The third-order valence-electron chi connectivity index (χ3n) is 4.43. The third kappa shape index (κ3) is 7.19. The van der Waals surface area contributed by atoms with Crippen molar-refractivity contribution in [2.45, 2.75) is 45.3 Å². The third-order valence-corrected chi connectivity index (χ3v) is 4.43. The molecule has 1 heterocycles. The summed E-state index contributed by atoms with van der Waals surface area (Å²) in [6.07, 6.45) is 0.568. The number of hydrogen-bond donors (Lipinski definition) is 1. The monoisotopic (exact) mass is 378 g/mol. The Morgan fingerprint density at radius 3 is 1.96 bits per heavy atom. The zero-order valence-electron chi connectivity index (χ0n) is 16.4. The van der Waals surface area contributed by atoms with E-state index in [4.69, 9.17) is 14.2 Å². The Morgan fingerprint density at radius 1 is 1.00 bits per heavy atom. The summed E-state index contributed by atoms with van der Waals surface area (Å²) in [5.41, 5.74) is 1.16. The number of esters is 2. The number of carbonyl (C=O) groups excluding carboxylic acids is 2. The van der Waals surface area contributed by atoms with E-state index in [-0.39, 0.29) is 36.9 Å². The van der Waals surface area contributed by atoms with Gasteiger partial charge in [0.25, 0.3) is 0 Å². The summed E-state index contributed by atoms with van der Waals surface area (Å²) in [4.78, 5) is 26.0. The summed E-state index contributed by atoms with van der Waals surface area (Å²) in [7, 11) is 1.64. The molecule has 0 bridgehead atoms. The molecular formula is C20H30N2O5. The molecule has 27 heavy (non-hydrogen) atoms. The number of nitrogens with zero attached hydrogens (tertiary/aromatic N) is 1. The van der Waals surface area contributed by atoms with Crippen LogP contribution in [0.5, 0.6) is 5.75 Å². The van der Waals surface area contributed by atoms with E-state index in [2.05, 4.69) is 10.2 Å². The fraction of sp³-hybridized carbons (Fsp3) is 0.600. The quantitative estimate of drug-likeness (QED) is 0.656. The predicted octanol–water partition coefficient (Wildman–Crippen LogP) is 1.74. The van der Waals surface area contributed by atoms with Gasteiger partial charge in [0, 0.05) is 31.7 Å². The van der Waals surface area contributed by atoms with Gasteiger partial charge in [0.05, 0.1) is 33.2 Å². The highest BCUT2D eigenvalue weighted by atomic mass is 16.5. The molecule has 0 amide bonds. The molecule has 0 unspecified atom stereocenters. The number of carbonyl (C=O) groups is 2. The average molecular weight is 378 g/mol. The highest BCUT2D eigenvalue weighted by Crippen LogP contribution is 2.17. The van der Waals surface area contributed by atoms with Crippen LogP contribution in [0, 0.1) is 0 Å². The highest BCUT2D eigenvalue weighted by Gasteiger charge is 2.30. The number of nitrogens with one attached hydrogen (secondary N) is 1. The van der Waals surface area contributed by atoms with Crippen LogP contribution < -0.4 is 10.1 Å². The first-order valence-electron chi connectivity index (χ1n) is 9.46. The van der Waals surface area contributed by atoms with Crippen molar-refractivity contribution >= 4 is 11.9 Å². The van der Waals surface area contributed by atoms with Crippen LogP contribution in [-0.4, -0.2) is 62.3 Å². The molecule has 1 aliphatic rings. The first-order valence-corrected chi connectivity index (χ1v) is 9.46. The molecule has 0 aromatic heterocycles. The topological polar surface area (TPSA) is 77.1 Å². The van der Waals surface area contributed by atoms with Crippen molar-refractivity contribution in [2.24, 2.45) is 0 Å². The van der Waals surface area contributed by atoms with Crippen molar-refractivity contribution in [3.63, 3.8) is 0 Å². The Morgan fingerprint density at radius 2 is 1.52 bits per heavy atom. The van der Waals surface area contributed by atoms with Crippen LogP contribution in [0.1, 0.15) is 32.3 Å². The fourth-order valence-corrected chi connectivity index (χ4v) is 3.34. The van der Waals surface area contributed by atoms with Crippen molar-refractivity contribution in [1.29, 1.82) is 0 Å². The molecule has 0 aliphatic carbocycles. The Bertz CT molecular complexity index is 577. The number of benzene rings is 1. The summed E-state index contributed by atoms with van der Waals surface area (Å²) in [6.45, 7) is 6.50. The lowest BCUT2D eigenvalue weighted by atomic mass is 10.0. The van der Waals surface area contributed by atoms with Gasteiger partial charge in [-0.15, -0.1) is 0 Å². The molecule has 7 nitrogen and oxygen atoms in total. The van der Waals surface area contributed by atoms with Gasteiger partial charge in [0.2, 0.25) is 0 Å². The molecule has 1 N–H and O–H groups in total. The molecule has 1 fully saturated rings. The average Bonchev–Trinajstić information content (AvgIpc) is 2.62. The smallest absolute Gasteiger partial charge is 0.307 e. The van der Waals surface area contributed by atoms with Gasteiger partial charge in [-0.25, -0.2) is 0 Å². The number of methoxy groups -OCH3 is 1. The first-order chi connectivity index (χ1) is 13.0. The lowest BCUT2D eigenvalue weighted by Gasteiger charge is -2.38. The van der Waals surface area contributed by atoms with E-state index >= 15 is 0 Å². The van der Waals surface area contributed by atoms with E-state index in [1.165, 1.54) is 0 Å². The van der Waals surface area contributed by atoms with Crippen LogP contribution in [0.4, 0.5) is 0 Å². The van der Waals surface area contributed by atoms with Crippen LogP contribution in [0.25, 0.3) is 0 Å². The predicted molar refractivity (Wildman–Crippen MR) is 101 cm³/mol. The standard InChI is InChI=1S/C20H30N2O5/c1-4-26-19(23)10-16-13-22(12-15-6-8-18(25-3)9-7-15)14-17(21-16)11-20(24)27-5-2/h6-9,16-17,21H,4-5,10-14H2,1-3H3/t16-,17+. The minimum absolute atomic E-state index is 0.0597. The normalized spacial score (nSPS) is 20.1. The van der Waals surface area contributed by atoms with Gasteiger partial charge in [-0.1, -0.05) is 12.1 Å². The number of hydrogen-bond acceptors (Lipinski definition) is 7. The van der Waals surface area contributed by atoms with Crippen LogP contribution in [0.2, 0.25) is 0 Å². The highest BCUT2D eigenvalue weighted by molar-refractivity contribution is 5.71. The molecule has 150 valence electrons. The van der Waals surface area contributed by atoms with Crippen molar-refractivity contribution < 1.29 is 23.8 Å². The van der Waals surface area contributed by atoms with Gasteiger partial charge in [-0.05, 0) is 31.5 Å². The Balaban J connectivity index is 2.01. The Labute approximate surface area is 161 Å². The molecule has 1 aliphatic heterocycles. The molecular weight excluding hydrogens is 348 g/mol. The van der Waals surface area contributed by atoms with E-state index in [1.807, 2.05) is 24.3 Å². The van der Waals surface area contributed by atoms with E-state index in [9.17, 15) is 9.59 Å².